The highest BCUT2D eigenvalue weighted by Crippen LogP contribution is 2.13. The highest BCUT2D eigenvalue weighted by atomic mass is 14.9. The van der Waals surface area contributed by atoms with Gasteiger partial charge in [-0.1, -0.05) is 42.5 Å². The third-order valence-electron chi connectivity index (χ3n) is 3.09. The first-order valence-corrected chi connectivity index (χ1v) is 6.48. The molecule has 98 valence electrons. The summed E-state index contributed by atoms with van der Waals surface area (Å²) in [5.41, 5.74) is 2.73. The first-order valence-electron chi connectivity index (χ1n) is 6.48. The molecule has 2 aromatic carbocycles. The first-order chi connectivity index (χ1) is 9.83. The third kappa shape index (κ3) is 3.68. The Bertz CT molecular complexity index is 635. The molecule has 2 aromatic rings. The molecule has 1 atom stereocenters. The van der Waals surface area contributed by atoms with Crippen LogP contribution in [0.2, 0.25) is 0 Å². The minimum atomic E-state index is -0.157. The Kier molecular flexibility index (Phi) is 4.89. The fraction of sp³-hybridized carbons (Fsp3) is 0.176. The lowest BCUT2D eigenvalue weighted by atomic mass is 10.0. The lowest BCUT2D eigenvalue weighted by Gasteiger charge is -2.11. The Morgan fingerprint density at radius 1 is 1.00 bits per heavy atom. The van der Waals surface area contributed by atoms with E-state index in [-0.39, 0.29) is 5.92 Å². The molecule has 0 saturated heterocycles. The van der Waals surface area contributed by atoms with E-state index in [4.69, 9.17) is 5.26 Å². The van der Waals surface area contributed by atoms with Crippen molar-refractivity contribution < 1.29 is 0 Å². The van der Waals surface area contributed by atoms with Crippen LogP contribution < -0.4 is 5.32 Å². The molecule has 0 bridgehead atoms. The molecule has 0 aromatic heterocycles. The minimum Gasteiger partial charge on any atom is -0.311 e. The molecule has 0 aliphatic carbocycles. The molecule has 1 unspecified atom stereocenters. The van der Waals surface area contributed by atoms with Gasteiger partial charge in [-0.3, -0.25) is 0 Å². The standard InChI is InChI=1S/C17H15N3/c18-10-14-5-4-6-15(9-14)12-20-13-17(11-19)16-7-2-1-3-8-16/h1-9,17,20H,12-13H2. The maximum absolute atomic E-state index is 9.23. The van der Waals surface area contributed by atoms with Gasteiger partial charge in [0.25, 0.3) is 0 Å². The van der Waals surface area contributed by atoms with Crippen molar-refractivity contribution in [1.82, 2.24) is 5.32 Å². The number of hydrogen-bond acceptors (Lipinski definition) is 3. The molecule has 0 spiro atoms. The molecular weight excluding hydrogens is 246 g/mol. The number of hydrogen-bond donors (Lipinski definition) is 1. The number of rotatable bonds is 5. The van der Waals surface area contributed by atoms with E-state index in [0.717, 1.165) is 11.1 Å². The lowest BCUT2D eigenvalue weighted by Crippen LogP contribution is -2.20. The maximum Gasteiger partial charge on any atom is 0.0991 e. The van der Waals surface area contributed by atoms with E-state index in [0.29, 0.717) is 18.7 Å². The maximum atomic E-state index is 9.23. The second-order valence-electron chi connectivity index (χ2n) is 4.54. The summed E-state index contributed by atoms with van der Waals surface area (Å²) >= 11 is 0. The van der Waals surface area contributed by atoms with Crippen LogP contribution >= 0.6 is 0 Å². The van der Waals surface area contributed by atoms with E-state index < -0.39 is 0 Å². The van der Waals surface area contributed by atoms with Crippen molar-refractivity contribution in [1.29, 1.82) is 10.5 Å². The van der Waals surface area contributed by atoms with Crippen LogP contribution in [0.5, 0.6) is 0 Å². The molecule has 0 heterocycles. The van der Waals surface area contributed by atoms with E-state index in [1.54, 1.807) is 6.07 Å². The minimum absolute atomic E-state index is 0.157. The molecule has 20 heavy (non-hydrogen) atoms. The highest BCUT2D eigenvalue weighted by molar-refractivity contribution is 5.32. The Labute approximate surface area is 119 Å². The van der Waals surface area contributed by atoms with Gasteiger partial charge in [-0.2, -0.15) is 10.5 Å². The second kappa shape index (κ2) is 7.09. The van der Waals surface area contributed by atoms with Crippen molar-refractivity contribution in [2.45, 2.75) is 12.5 Å². The molecule has 0 amide bonds. The summed E-state index contributed by atoms with van der Waals surface area (Å²) in [5.74, 6) is -0.157. The van der Waals surface area contributed by atoms with Crippen LogP contribution in [0.15, 0.2) is 54.6 Å². The van der Waals surface area contributed by atoms with Crippen LogP contribution in [-0.4, -0.2) is 6.54 Å². The quantitative estimate of drug-likeness (QED) is 0.900. The topological polar surface area (TPSA) is 59.6 Å². The van der Waals surface area contributed by atoms with Gasteiger partial charge in [0.1, 0.15) is 0 Å². The zero-order valence-electron chi connectivity index (χ0n) is 11.1. The Morgan fingerprint density at radius 3 is 2.50 bits per heavy atom. The van der Waals surface area contributed by atoms with E-state index in [9.17, 15) is 5.26 Å². The Hall–Kier alpha value is -2.62. The fourth-order valence-electron chi connectivity index (χ4n) is 2.04. The fourth-order valence-corrected chi connectivity index (χ4v) is 2.04. The van der Waals surface area contributed by atoms with Crippen molar-refractivity contribution in [3.8, 4) is 12.1 Å². The molecule has 0 saturated carbocycles. The molecule has 0 aliphatic rings. The van der Waals surface area contributed by atoms with Crippen LogP contribution in [0.25, 0.3) is 0 Å². The predicted molar refractivity (Wildman–Crippen MR) is 77.7 cm³/mol. The summed E-state index contributed by atoms with van der Waals surface area (Å²) in [6.45, 7) is 1.25. The third-order valence-corrected chi connectivity index (χ3v) is 3.09. The molecule has 0 fully saturated rings. The number of benzene rings is 2. The van der Waals surface area contributed by atoms with Crippen molar-refractivity contribution in [3.05, 3.63) is 71.3 Å². The summed E-state index contributed by atoms with van der Waals surface area (Å²) < 4.78 is 0. The highest BCUT2D eigenvalue weighted by Gasteiger charge is 2.09. The van der Waals surface area contributed by atoms with Gasteiger partial charge in [-0.25, -0.2) is 0 Å². The summed E-state index contributed by atoms with van der Waals surface area (Å²) in [6, 6.07) is 21.7. The monoisotopic (exact) mass is 261 g/mol. The van der Waals surface area contributed by atoms with Crippen LogP contribution in [0, 0.1) is 22.7 Å². The molecule has 0 aliphatic heterocycles. The van der Waals surface area contributed by atoms with E-state index in [1.807, 2.05) is 48.5 Å². The van der Waals surface area contributed by atoms with Gasteiger partial charge in [-0.15, -0.1) is 0 Å². The normalized spacial score (nSPS) is 11.3. The van der Waals surface area contributed by atoms with E-state index in [1.165, 1.54) is 0 Å². The first kappa shape index (κ1) is 13.8. The Morgan fingerprint density at radius 2 is 1.80 bits per heavy atom. The number of nitrogens with zero attached hydrogens (tertiary/aromatic N) is 2. The van der Waals surface area contributed by atoms with Crippen LogP contribution in [0.4, 0.5) is 0 Å². The Balaban J connectivity index is 1.92. The molecular formula is C17H15N3. The summed E-state index contributed by atoms with van der Waals surface area (Å²) in [7, 11) is 0. The van der Waals surface area contributed by atoms with Crippen molar-refractivity contribution in [2.24, 2.45) is 0 Å². The van der Waals surface area contributed by atoms with Crippen LogP contribution in [-0.2, 0) is 6.54 Å². The largest absolute Gasteiger partial charge is 0.311 e. The zero-order valence-corrected chi connectivity index (χ0v) is 11.1. The van der Waals surface area contributed by atoms with Gasteiger partial charge < -0.3 is 5.32 Å². The molecule has 3 heteroatoms. The molecule has 0 radical (unpaired) electrons. The van der Waals surface area contributed by atoms with Crippen LogP contribution in [0.1, 0.15) is 22.6 Å². The average Bonchev–Trinajstić information content (AvgIpc) is 2.52. The number of nitriles is 2. The number of nitrogens with one attached hydrogen (secondary N) is 1. The smallest absolute Gasteiger partial charge is 0.0991 e. The lowest BCUT2D eigenvalue weighted by molar-refractivity contribution is 0.652. The SMILES string of the molecule is N#Cc1cccc(CNCC(C#N)c2ccccc2)c1. The average molecular weight is 261 g/mol. The van der Waals surface area contributed by atoms with E-state index in [2.05, 4.69) is 17.5 Å². The van der Waals surface area contributed by atoms with Gasteiger partial charge in [0.2, 0.25) is 0 Å². The van der Waals surface area contributed by atoms with Gasteiger partial charge in [0.05, 0.1) is 23.6 Å². The van der Waals surface area contributed by atoms with Crippen molar-refractivity contribution in [3.63, 3.8) is 0 Å². The van der Waals surface area contributed by atoms with Gasteiger partial charge >= 0.3 is 0 Å². The summed E-state index contributed by atoms with van der Waals surface area (Å²) in [5, 5.41) is 21.3. The zero-order chi connectivity index (χ0) is 14.2. The van der Waals surface area contributed by atoms with Gasteiger partial charge in [0, 0.05) is 13.1 Å². The van der Waals surface area contributed by atoms with Crippen LogP contribution in [0.3, 0.4) is 0 Å². The second-order valence-corrected chi connectivity index (χ2v) is 4.54. The summed E-state index contributed by atoms with van der Waals surface area (Å²) in [6.07, 6.45) is 0. The van der Waals surface area contributed by atoms with Crippen molar-refractivity contribution >= 4 is 0 Å². The summed E-state index contributed by atoms with van der Waals surface area (Å²) in [4.78, 5) is 0. The molecule has 1 N–H and O–H groups in total. The van der Waals surface area contributed by atoms with E-state index >= 15 is 0 Å². The van der Waals surface area contributed by atoms with Crippen molar-refractivity contribution in [2.75, 3.05) is 6.54 Å². The molecule has 2 rings (SSSR count). The predicted octanol–water partition coefficient (Wildman–Crippen LogP) is 2.96. The van der Waals surface area contributed by atoms with Gasteiger partial charge in [-0.05, 0) is 23.3 Å². The molecule has 3 nitrogen and oxygen atoms in total. The van der Waals surface area contributed by atoms with Gasteiger partial charge in [0.15, 0.2) is 0 Å².